The summed E-state index contributed by atoms with van der Waals surface area (Å²) in [5.41, 5.74) is 0.796. The van der Waals surface area contributed by atoms with Gasteiger partial charge in [-0.1, -0.05) is 29.8 Å². The van der Waals surface area contributed by atoms with Crippen molar-refractivity contribution < 1.29 is 18.7 Å². The quantitative estimate of drug-likeness (QED) is 0.532. The molecule has 2 aromatic carbocycles. The van der Waals surface area contributed by atoms with Crippen molar-refractivity contribution in [1.29, 1.82) is 0 Å². The fourth-order valence-corrected chi connectivity index (χ4v) is 3.32. The molecule has 1 amide bonds. The minimum atomic E-state index is -0.458. The first kappa shape index (κ1) is 20.3. The van der Waals surface area contributed by atoms with Crippen LogP contribution in [0.25, 0.3) is 0 Å². The highest BCUT2D eigenvalue weighted by atomic mass is 35.5. The van der Waals surface area contributed by atoms with Gasteiger partial charge >= 0.3 is 5.97 Å². The Morgan fingerprint density at radius 3 is 2.58 bits per heavy atom. The standard InChI is InChI=1S/C19H19ClFNO3S/c1-13(16-4-2-3-5-17(16)20)22-18(23)12-25-19(24)10-11-26-15-8-6-14(21)7-9-15/h2-9,13H,10-12H2,1H3,(H,22,23)/t13-/m0/s1. The van der Waals surface area contributed by atoms with Gasteiger partial charge < -0.3 is 10.1 Å². The summed E-state index contributed by atoms with van der Waals surface area (Å²) in [7, 11) is 0. The monoisotopic (exact) mass is 395 g/mol. The molecule has 1 N–H and O–H groups in total. The Hall–Kier alpha value is -2.05. The van der Waals surface area contributed by atoms with Crippen LogP contribution in [0.1, 0.15) is 24.9 Å². The first-order valence-electron chi connectivity index (χ1n) is 8.03. The Balaban J connectivity index is 1.67. The highest BCUT2D eigenvalue weighted by molar-refractivity contribution is 7.99. The number of amides is 1. The third-order valence-corrected chi connectivity index (χ3v) is 4.86. The predicted molar refractivity (Wildman–Crippen MR) is 101 cm³/mol. The van der Waals surface area contributed by atoms with E-state index in [0.29, 0.717) is 10.8 Å². The van der Waals surface area contributed by atoms with Crippen LogP contribution in [0.15, 0.2) is 53.4 Å². The Morgan fingerprint density at radius 2 is 1.88 bits per heavy atom. The molecule has 0 unspecified atom stereocenters. The van der Waals surface area contributed by atoms with Gasteiger partial charge in [-0.3, -0.25) is 9.59 Å². The number of nitrogens with one attached hydrogen (secondary N) is 1. The van der Waals surface area contributed by atoms with Crippen LogP contribution in [-0.2, 0) is 14.3 Å². The molecule has 4 nitrogen and oxygen atoms in total. The molecule has 7 heteroatoms. The fourth-order valence-electron chi connectivity index (χ4n) is 2.19. The number of hydrogen-bond acceptors (Lipinski definition) is 4. The molecule has 0 heterocycles. The van der Waals surface area contributed by atoms with E-state index in [1.807, 2.05) is 18.2 Å². The number of carbonyl (C=O) groups is 2. The molecular weight excluding hydrogens is 377 g/mol. The Labute approximate surface area is 161 Å². The lowest BCUT2D eigenvalue weighted by molar-refractivity contribution is -0.148. The van der Waals surface area contributed by atoms with Crippen molar-refractivity contribution >= 4 is 35.2 Å². The minimum Gasteiger partial charge on any atom is -0.456 e. The van der Waals surface area contributed by atoms with Crippen LogP contribution in [0.4, 0.5) is 4.39 Å². The van der Waals surface area contributed by atoms with Crippen LogP contribution < -0.4 is 5.32 Å². The Bertz CT molecular complexity index is 755. The summed E-state index contributed by atoms with van der Waals surface area (Å²) in [6, 6.07) is 13.0. The number of rotatable bonds is 8. The zero-order valence-electron chi connectivity index (χ0n) is 14.2. The van der Waals surface area contributed by atoms with Crippen molar-refractivity contribution in [1.82, 2.24) is 5.32 Å². The molecule has 0 aromatic heterocycles. The molecule has 2 rings (SSSR count). The lowest BCUT2D eigenvalue weighted by atomic mass is 10.1. The molecule has 1 atom stereocenters. The summed E-state index contributed by atoms with van der Waals surface area (Å²) >= 11 is 7.51. The van der Waals surface area contributed by atoms with Crippen LogP contribution in [0.2, 0.25) is 5.02 Å². The van der Waals surface area contributed by atoms with Crippen molar-refractivity contribution in [2.75, 3.05) is 12.4 Å². The van der Waals surface area contributed by atoms with Crippen molar-refractivity contribution in [3.05, 3.63) is 64.9 Å². The zero-order valence-corrected chi connectivity index (χ0v) is 15.8. The van der Waals surface area contributed by atoms with E-state index in [9.17, 15) is 14.0 Å². The minimum absolute atomic E-state index is 0.162. The third kappa shape index (κ3) is 6.69. The molecule has 2 aromatic rings. The molecule has 0 saturated carbocycles. The number of carbonyl (C=O) groups excluding carboxylic acids is 2. The van der Waals surface area contributed by atoms with Crippen molar-refractivity contribution in [2.45, 2.75) is 24.3 Å². The normalized spacial score (nSPS) is 11.7. The lowest BCUT2D eigenvalue weighted by Gasteiger charge is -2.15. The van der Waals surface area contributed by atoms with Crippen LogP contribution >= 0.6 is 23.4 Å². The third-order valence-electron chi connectivity index (χ3n) is 3.50. The zero-order chi connectivity index (χ0) is 18.9. The molecular formula is C19H19ClFNO3S. The van der Waals surface area contributed by atoms with Gasteiger partial charge in [0, 0.05) is 15.7 Å². The average molecular weight is 396 g/mol. The highest BCUT2D eigenvalue weighted by Crippen LogP contribution is 2.22. The molecule has 0 fully saturated rings. The van der Waals surface area contributed by atoms with Crippen LogP contribution in [0.5, 0.6) is 0 Å². The van der Waals surface area contributed by atoms with Gasteiger partial charge in [0.1, 0.15) is 5.82 Å². The molecule has 0 spiro atoms. The van der Waals surface area contributed by atoms with Crippen molar-refractivity contribution in [3.63, 3.8) is 0 Å². The molecule has 0 aliphatic heterocycles. The van der Waals surface area contributed by atoms with E-state index in [4.69, 9.17) is 16.3 Å². The number of thioether (sulfide) groups is 1. The van der Waals surface area contributed by atoms with E-state index in [-0.39, 0.29) is 24.9 Å². The second-order valence-electron chi connectivity index (χ2n) is 5.52. The smallest absolute Gasteiger partial charge is 0.307 e. The van der Waals surface area contributed by atoms with Gasteiger partial charge in [-0.05, 0) is 42.8 Å². The van der Waals surface area contributed by atoms with Crippen molar-refractivity contribution in [3.8, 4) is 0 Å². The molecule has 0 saturated heterocycles. The topological polar surface area (TPSA) is 55.4 Å². The van der Waals surface area contributed by atoms with Gasteiger partial charge in [0.15, 0.2) is 6.61 Å². The van der Waals surface area contributed by atoms with E-state index in [1.54, 1.807) is 25.1 Å². The highest BCUT2D eigenvalue weighted by Gasteiger charge is 2.14. The van der Waals surface area contributed by atoms with Gasteiger partial charge in [0.05, 0.1) is 12.5 Å². The number of benzene rings is 2. The number of hydrogen-bond donors (Lipinski definition) is 1. The van der Waals surface area contributed by atoms with Crippen LogP contribution in [0.3, 0.4) is 0 Å². The summed E-state index contributed by atoms with van der Waals surface area (Å²) in [6.45, 7) is 1.47. The first-order chi connectivity index (χ1) is 12.5. The van der Waals surface area contributed by atoms with Gasteiger partial charge in [0.25, 0.3) is 5.91 Å². The van der Waals surface area contributed by atoms with Gasteiger partial charge in [-0.15, -0.1) is 11.8 Å². The summed E-state index contributed by atoms with van der Waals surface area (Å²) in [6.07, 6.45) is 0.162. The molecule has 0 aliphatic carbocycles. The Kier molecular flexibility index (Phi) is 7.94. The molecule has 26 heavy (non-hydrogen) atoms. The van der Waals surface area contributed by atoms with Gasteiger partial charge in [-0.2, -0.15) is 0 Å². The Morgan fingerprint density at radius 1 is 1.19 bits per heavy atom. The van der Waals surface area contributed by atoms with E-state index >= 15 is 0 Å². The van der Waals surface area contributed by atoms with E-state index in [1.165, 1.54) is 23.9 Å². The van der Waals surface area contributed by atoms with Crippen molar-refractivity contribution in [2.24, 2.45) is 0 Å². The second kappa shape index (κ2) is 10.2. The summed E-state index contributed by atoms with van der Waals surface area (Å²) in [5, 5.41) is 3.30. The molecule has 0 radical (unpaired) electrons. The maximum atomic E-state index is 12.8. The van der Waals surface area contributed by atoms with Crippen LogP contribution in [0, 0.1) is 5.82 Å². The predicted octanol–water partition coefficient (Wildman–Crippen LogP) is 4.38. The van der Waals surface area contributed by atoms with Crippen LogP contribution in [-0.4, -0.2) is 24.2 Å². The fraction of sp³-hybridized carbons (Fsp3) is 0.263. The molecule has 0 aliphatic rings. The average Bonchev–Trinajstić information content (AvgIpc) is 2.62. The number of esters is 1. The maximum absolute atomic E-state index is 12.8. The van der Waals surface area contributed by atoms with Gasteiger partial charge in [0.2, 0.25) is 0 Å². The molecule has 138 valence electrons. The second-order valence-corrected chi connectivity index (χ2v) is 7.10. The van der Waals surface area contributed by atoms with E-state index < -0.39 is 11.9 Å². The summed E-state index contributed by atoms with van der Waals surface area (Å²) < 4.78 is 17.8. The lowest BCUT2D eigenvalue weighted by Crippen LogP contribution is -2.31. The van der Waals surface area contributed by atoms with E-state index in [0.717, 1.165) is 10.5 Å². The number of halogens is 2. The summed E-state index contributed by atoms with van der Waals surface area (Å²) in [4.78, 5) is 24.5. The summed E-state index contributed by atoms with van der Waals surface area (Å²) in [5.74, 6) is -0.662. The molecule has 0 bridgehead atoms. The largest absolute Gasteiger partial charge is 0.456 e. The SMILES string of the molecule is C[C@H](NC(=O)COC(=O)CCSc1ccc(F)cc1)c1ccccc1Cl. The maximum Gasteiger partial charge on any atom is 0.307 e. The van der Waals surface area contributed by atoms with Gasteiger partial charge in [-0.25, -0.2) is 4.39 Å². The van der Waals surface area contributed by atoms with E-state index in [2.05, 4.69) is 5.32 Å². The number of ether oxygens (including phenoxy) is 1. The first-order valence-corrected chi connectivity index (χ1v) is 9.40.